The van der Waals surface area contributed by atoms with Gasteiger partial charge in [-0.3, -0.25) is 15.5 Å². The van der Waals surface area contributed by atoms with Gasteiger partial charge in [0.15, 0.2) is 12.1 Å². The van der Waals surface area contributed by atoms with E-state index in [-0.39, 0.29) is 23.3 Å². The molecule has 0 saturated carbocycles. The Morgan fingerprint density at radius 1 is 1.29 bits per heavy atom. The molecule has 5 N–H and O–H groups in total. The number of nitrogens with zero attached hydrogens (tertiary/aromatic N) is 4. The van der Waals surface area contributed by atoms with Crippen molar-refractivity contribution in [3.05, 3.63) is 35.9 Å². The molecule has 4 rings (SSSR count). The monoisotopic (exact) mass is 487 g/mol. The summed E-state index contributed by atoms with van der Waals surface area (Å²) < 4.78 is 6.05. The molecule has 10 nitrogen and oxygen atoms in total. The average Bonchev–Trinajstić information content (AvgIpc) is 3.34. The summed E-state index contributed by atoms with van der Waals surface area (Å²) in [5.41, 5.74) is 5.26. The third kappa shape index (κ3) is 3.34. The lowest BCUT2D eigenvalue weighted by Gasteiger charge is -2.50. The Morgan fingerprint density at radius 3 is 2.53 bits per heavy atom. The first-order valence-corrected chi connectivity index (χ1v) is 14.3. The predicted molar refractivity (Wildman–Crippen MR) is 132 cm³/mol. The molecule has 1 saturated heterocycles. The fourth-order valence-electron chi connectivity index (χ4n) is 4.81. The molecule has 5 atom stereocenters. The highest BCUT2D eigenvalue weighted by molar-refractivity contribution is 6.83. The lowest BCUT2D eigenvalue weighted by Crippen LogP contribution is -2.70. The number of ether oxygens (including phenoxy) is 1. The van der Waals surface area contributed by atoms with Gasteiger partial charge in [-0.2, -0.15) is 0 Å². The molecule has 0 aliphatic carbocycles. The fourth-order valence-corrected chi connectivity index (χ4v) is 7.86. The number of aliphatic hydroxyl groups is 3. The summed E-state index contributed by atoms with van der Waals surface area (Å²) in [5, 5.41) is 31.5. The molecule has 0 spiro atoms. The summed E-state index contributed by atoms with van der Waals surface area (Å²) in [6, 6.07) is 8.58. The molecule has 0 aromatic heterocycles. The van der Waals surface area contributed by atoms with Crippen LogP contribution in [0.2, 0.25) is 18.1 Å². The highest BCUT2D eigenvalue weighted by Gasteiger charge is 2.68. The van der Waals surface area contributed by atoms with Crippen LogP contribution in [-0.2, 0) is 4.74 Å². The zero-order valence-corrected chi connectivity index (χ0v) is 21.1. The van der Waals surface area contributed by atoms with Crippen molar-refractivity contribution >= 4 is 31.7 Å². The molecule has 0 radical (unpaired) electrons. The van der Waals surface area contributed by atoms with Crippen molar-refractivity contribution in [1.29, 1.82) is 0 Å². The highest BCUT2D eigenvalue weighted by atomic mass is 28.3. The van der Waals surface area contributed by atoms with Crippen molar-refractivity contribution < 1.29 is 24.9 Å². The van der Waals surface area contributed by atoms with E-state index in [1.54, 1.807) is 35.2 Å². The average molecular weight is 488 g/mol. The Morgan fingerprint density at radius 2 is 1.94 bits per heavy atom. The standard InChI is InChI=1S/C23H33N5O5Si/c1-21(2,3)34(4,5)23(32)15(11-29)33-20(18(23)31)28-13-26-16-19(28)25-12-27-22(16,24)17(30)14-9-7-6-8-10-14/h6-10,12,15,18,20,29,31-32H,11,13,24H2,1-5H3/t15-,18+,20-,22?,23+/m1/s1. The van der Waals surface area contributed by atoms with Gasteiger partial charge in [-0.25, -0.2) is 9.98 Å². The van der Waals surface area contributed by atoms with Crippen molar-refractivity contribution in [3.63, 3.8) is 0 Å². The Bertz CT molecular complexity index is 1070. The number of rotatable bonds is 5. The van der Waals surface area contributed by atoms with Crippen molar-refractivity contribution in [2.24, 2.45) is 20.7 Å². The SMILES string of the molecule is CC(C)(C)[Si](C)(C)[C@@]1(O)[C@@H](CO)O[C@@H](N2CN=C3C2=NC=NC3(N)C(=O)c2ccccc2)[C@@H]1O. The predicted octanol–water partition coefficient (Wildman–Crippen LogP) is 0.536. The third-order valence-electron chi connectivity index (χ3n) is 7.91. The van der Waals surface area contributed by atoms with Gasteiger partial charge in [-0.15, -0.1) is 0 Å². The summed E-state index contributed by atoms with van der Waals surface area (Å²) in [4.78, 5) is 27.7. The van der Waals surface area contributed by atoms with Crippen LogP contribution < -0.4 is 5.73 Å². The lowest BCUT2D eigenvalue weighted by atomic mass is 9.93. The normalized spacial score (nSPS) is 33.6. The molecule has 3 aliphatic heterocycles. The summed E-state index contributed by atoms with van der Waals surface area (Å²) >= 11 is 0. The van der Waals surface area contributed by atoms with Gasteiger partial charge in [0.25, 0.3) is 0 Å². The smallest absolute Gasteiger partial charge is 0.219 e. The van der Waals surface area contributed by atoms with Crippen molar-refractivity contribution in [2.75, 3.05) is 13.3 Å². The lowest BCUT2D eigenvalue weighted by molar-refractivity contribution is -0.0706. The molecule has 3 heterocycles. The maximum Gasteiger partial charge on any atom is 0.219 e. The van der Waals surface area contributed by atoms with E-state index in [1.807, 2.05) is 33.9 Å². The number of nitrogens with two attached hydrogens (primary N) is 1. The van der Waals surface area contributed by atoms with E-state index in [0.29, 0.717) is 5.56 Å². The van der Waals surface area contributed by atoms with Gasteiger partial charge in [0, 0.05) is 5.56 Å². The molecule has 1 fully saturated rings. The number of Topliss-reactive ketones (excluding diaryl/α,β-unsaturated/α-hetero) is 1. The number of aliphatic imine (C=N–C) groups is 3. The number of benzene rings is 1. The minimum atomic E-state index is -2.66. The van der Waals surface area contributed by atoms with E-state index in [9.17, 15) is 20.1 Å². The molecule has 184 valence electrons. The van der Waals surface area contributed by atoms with Crippen LogP contribution in [0, 0.1) is 0 Å². The van der Waals surface area contributed by atoms with Crippen molar-refractivity contribution in [1.82, 2.24) is 4.90 Å². The van der Waals surface area contributed by atoms with Crippen molar-refractivity contribution in [2.45, 2.75) is 68.2 Å². The van der Waals surface area contributed by atoms with E-state index in [0.717, 1.165) is 0 Å². The Kier molecular flexibility index (Phi) is 5.95. The molecule has 0 amide bonds. The number of carbonyl (C=O) groups excluding carboxylic acids is 1. The Balaban J connectivity index is 1.67. The second kappa shape index (κ2) is 8.14. The molecule has 1 unspecified atom stereocenters. The van der Waals surface area contributed by atoms with E-state index < -0.39 is 49.8 Å². The van der Waals surface area contributed by atoms with E-state index >= 15 is 0 Å². The van der Waals surface area contributed by atoms with Gasteiger partial charge >= 0.3 is 0 Å². The number of hydrogen-bond donors (Lipinski definition) is 4. The van der Waals surface area contributed by atoms with Crippen LogP contribution in [0.3, 0.4) is 0 Å². The van der Waals surface area contributed by atoms with Crippen LogP contribution in [-0.4, -0.2) is 94.6 Å². The molecule has 34 heavy (non-hydrogen) atoms. The van der Waals surface area contributed by atoms with Gasteiger partial charge < -0.3 is 25.0 Å². The van der Waals surface area contributed by atoms with Crippen LogP contribution in [0.4, 0.5) is 0 Å². The summed E-state index contributed by atoms with van der Waals surface area (Å²) in [7, 11) is -2.66. The summed E-state index contributed by atoms with van der Waals surface area (Å²) in [5.74, 6) is -0.182. The number of carbonyl (C=O) groups is 1. The van der Waals surface area contributed by atoms with E-state index in [1.165, 1.54) is 6.34 Å². The van der Waals surface area contributed by atoms with Crippen LogP contribution in [0.25, 0.3) is 0 Å². The molecule has 1 aromatic carbocycles. The zero-order chi connectivity index (χ0) is 25.1. The molecular formula is C23H33N5O5Si. The summed E-state index contributed by atoms with van der Waals surface area (Å²) in [6.45, 7) is 9.55. The molecule has 11 heteroatoms. The first kappa shape index (κ1) is 24.8. The topological polar surface area (TPSA) is 153 Å². The second-order valence-corrected chi connectivity index (χ2v) is 16.2. The van der Waals surface area contributed by atoms with Gasteiger partial charge in [0.05, 0.1) is 14.7 Å². The largest absolute Gasteiger partial charge is 0.394 e. The van der Waals surface area contributed by atoms with Gasteiger partial charge in [-0.1, -0.05) is 64.2 Å². The number of fused-ring (bicyclic) bond motifs is 1. The van der Waals surface area contributed by atoms with E-state index in [2.05, 4.69) is 15.0 Å². The fraction of sp³-hybridized carbons (Fsp3) is 0.565. The number of amidine groups is 1. The number of ketones is 1. The molecular weight excluding hydrogens is 454 g/mol. The molecule has 1 aromatic rings. The van der Waals surface area contributed by atoms with Gasteiger partial charge in [-0.05, 0) is 5.04 Å². The molecule has 0 bridgehead atoms. The van der Waals surface area contributed by atoms with Crippen molar-refractivity contribution in [3.8, 4) is 0 Å². The van der Waals surface area contributed by atoms with E-state index in [4.69, 9.17) is 10.5 Å². The highest BCUT2D eigenvalue weighted by Crippen LogP contribution is 2.50. The van der Waals surface area contributed by atoms with Crippen LogP contribution in [0.1, 0.15) is 31.1 Å². The minimum absolute atomic E-state index is 0.00596. The zero-order valence-electron chi connectivity index (χ0n) is 20.1. The Hall–Kier alpha value is -2.28. The molecule has 3 aliphatic rings. The van der Waals surface area contributed by atoms with Crippen LogP contribution >= 0.6 is 0 Å². The van der Waals surface area contributed by atoms with Gasteiger partial charge in [0.2, 0.25) is 11.4 Å². The minimum Gasteiger partial charge on any atom is -0.394 e. The summed E-state index contributed by atoms with van der Waals surface area (Å²) in [6.07, 6.45) is -2.18. The number of hydrogen-bond acceptors (Lipinski definition) is 10. The second-order valence-electron chi connectivity index (χ2n) is 10.6. The number of aliphatic hydroxyl groups excluding tert-OH is 2. The quantitative estimate of drug-likeness (QED) is 0.349. The third-order valence-corrected chi connectivity index (χ3v) is 14.3. The van der Waals surface area contributed by atoms with Crippen LogP contribution in [0.5, 0.6) is 0 Å². The van der Waals surface area contributed by atoms with Gasteiger partial charge in [0.1, 0.15) is 36.2 Å². The van der Waals surface area contributed by atoms with Crippen LogP contribution in [0.15, 0.2) is 45.3 Å². The first-order chi connectivity index (χ1) is 15.8. The Labute approximate surface area is 199 Å². The maximum atomic E-state index is 13.3. The maximum absolute atomic E-state index is 13.3. The first-order valence-electron chi connectivity index (χ1n) is 11.3.